The van der Waals surface area contributed by atoms with Crippen molar-refractivity contribution in [2.24, 2.45) is 29.6 Å². The second-order valence-electron chi connectivity index (χ2n) is 12.3. The highest BCUT2D eigenvalue weighted by Crippen LogP contribution is 2.34. The van der Waals surface area contributed by atoms with E-state index in [2.05, 4.69) is 4.90 Å². The van der Waals surface area contributed by atoms with E-state index in [1.54, 1.807) is 13.8 Å². The quantitative estimate of drug-likeness (QED) is 0.506. The lowest BCUT2D eigenvalue weighted by Gasteiger charge is -2.42. The van der Waals surface area contributed by atoms with E-state index in [9.17, 15) is 24.6 Å². The van der Waals surface area contributed by atoms with Crippen molar-refractivity contribution in [2.45, 2.75) is 110 Å². The van der Waals surface area contributed by atoms with Crippen molar-refractivity contribution in [2.75, 3.05) is 20.7 Å². The van der Waals surface area contributed by atoms with E-state index in [1.807, 2.05) is 41.8 Å². The van der Waals surface area contributed by atoms with Crippen molar-refractivity contribution < 1.29 is 43.5 Å². The lowest BCUT2D eigenvalue weighted by molar-refractivity contribution is -0.243. The van der Waals surface area contributed by atoms with Crippen LogP contribution in [0.5, 0.6) is 0 Å². The zero-order valence-electron chi connectivity index (χ0n) is 24.5. The van der Waals surface area contributed by atoms with Gasteiger partial charge in [-0.05, 0) is 60.0 Å². The smallest absolute Gasteiger partial charge is 0.461 e. The molecule has 0 aromatic heterocycles. The van der Waals surface area contributed by atoms with Crippen LogP contribution in [0, 0.1) is 29.6 Å². The number of rotatable bonds is 4. The summed E-state index contributed by atoms with van der Waals surface area (Å²) in [5.74, 6) is -3.07. The molecule has 0 amide bonds. The second-order valence-corrected chi connectivity index (χ2v) is 12.3. The van der Waals surface area contributed by atoms with Crippen molar-refractivity contribution in [3.8, 4) is 0 Å². The Morgan fingerprint density at radius 3 is 2.24 bits per heavy atom. The summed E-state index contributed by atoms with van der Waals surface area (Å²) in [6, 6.07) is 0.287. The van der Waals surface area contributed by atoms with E-state index in [0.717, 1.165) is 6.42 Å². The van der Waals surface area contributed by atoms with Gasteiger partial charge in [0.1, 0.15) is 18.0 Å². The third kappa shape index (κ3) is 8.63. The van der Waals surface area contributed by atoms with Crippen LogP contribution in [0.25, 0.3) is 0 Å². The molecule has 38 heavy (non-hydrogen) atoms. The number of aliphatic hydroxyl groups excluding tert-OH is 1. The summed E-state index contributed by atoms with van der Waals surface area (Å²) in [6.45, 7) is 12.2. The van der Waals surface area contributed by atoms with Gasteiger partial charge in [0.25, 0.3) is 0 Å². The van der Waals surface area contributed by atoms with Gasteiger partial charge in [-0.25, -0.2) is 4.79 Å². The number of cyclic esters (lactones) is 1. The first-order chi connectivity index (χ1) is 17.5. The first kappa shape index (κ1) is 32.5. The Bertz CT molecular complexity index is 820. The minimum atomic E-state index is -1.51. The number of carbonyl (C=O) groups is 3. The van der Waals surface area contributed by atoms with Crippen molar-refractivity contribution in [1.29, 1.82) is 0 Å². The third-order valence-electron chi connectivity index (χ3n) is 8.28. The lowest BCUT2D eigenvalue weighted by atomic mass is 9.78. The van der Waals surface area contributed by atoms with Crippen LogP contribution in [-0.4, -0.2) is 90.0 Å². The van der Waals surface area contributed by atoms with Crippen LogP contribution in [0.2, 0.25) is 0 Å². The van der Waals surface area contributed by atoms with Crippen molar-refractivity contribution in [1.82, 2.24) is 4.90 Å². The average Bonchev–Trinajstić information content (AvgIpc) is 2.82. The molecule has 2 aliphatic heterocycles. The maximum Gasteiger partial charge on any atom is 0.506 e. The zero-order chi connectivity index (χ0) is 28.9. The number of Topliss-reactive ketones (excluding diaryl/α,β-unsaturated/α-hetero) is 1. The Balaban J connectivity index is 2.36. The molecule has 0 aromatic rings. The Morgan fingerprint density at radius 1 is 1.03 bits per heavy atom. The Kier molecular flexibility index (Phi) is 11.6. The van der Waals surface area contributed by atoms with Crippen LogP contribution >= 0.6 is 0 Å². The van der Waals surface area contributed by atoms with Gasteiger partial charge in [0.15, 0.2) is 6.29 Å². The number of hydrogen-bond donors (Lipinski definition) is 2. The Hall–Kier alpha value is -1.75. The summed E-state index contributed by atoms with van der Waals surface area (Å²) in [6.07, 6.45) is -1.43. The first-order valence-corrected chi connectivity index (χ1v) is 13.8. The fraction of sp³-hybridized carbons (Fsp3) is 0.893. The highest BCUT2D eigenvalue weighted by atomic mass is 16.7. The van der Waals surface area contributed by atoms with E-state index >= 15 is 0 Å². The van der Waals surface area contributed by atoms with Gasteiger partial charge in [0.05, 0.1) is 24.2 Å². The number of ketones is 1. The maximum absolute atomic E-state index is 13.3. The predicted octanol–water partition coefficient (Wildman–Crippen LogP) is 3.73. The van der Waals surface area contributed by atoms with E-state index in [1.165, 1.54) is 6.92 Å². The summed E-state index contributed by atoms with van der Waals surface area (Å²) in [5.41, 5.74) is -1.40. The lowest BCUT2D eigenvalue weighted by Crippen LogP contribution is -2.48. The highest BCUT2D eigenvalue weighted by Gasteiger charge is 2.42. The molecule has 2 rings (SSSR count). The fourth-order valence-corrected chi connectivity index (χ4v) is 6.06. The van der Waals surface area contributed by atoms with E-state index < -0.39 is 54.0 Å². The van der Waals surface area contributed by atoms with Crippen molar-refractivity contribution in [3.63, 3.8) is 0 Å². The molecule has 2 aliphatic rings. The van der Waals surface area contributed by atoms with E-state index in [0.29, 0.717) is 12.8 Å². The molecule has 0 bridgehead atoms. The first-order valence-electron chi connectivity index (χ1n) is 13.8. The summed E-state index contributed by atoms with van der Waals surface area (Å²) < 4.78 is 23.2. The summed E-state index contributed by atoms with van der Waals surface area (Å²) >= 11 is 0. The number of nitrogens with zero attached hydrogens (tertiary/aromatic N) is 1. The number of carboxylic acid groups (broad SMARTS) is 1. The van der Waals surface area contributed by atoms with Crippen LogP contribution in [0.15, 0.2) is 0 Å². The second kappa shape index (κ2) is 13.5. The number of hydrogen-bond acceptors (Lipinski definition) is 9. The molecule has 220 valence electrons. The van der Waals surface area contributed by atoms with Gasteiger partial charge in [0.2, 0.25) is 0 Å². The molecule has 0 radical (unpaired) electrons. The van der Waals surface area contributed by atoms with Gasteiger partial charge in [-0.3, -0.25) is 9.59 Å². The maximum atomic E-state index is 13.3. The van der Waals surface area contributed by atoms with E-state index in [-0.39, 0.29) is 42.8 Å². The summed E-state index contributed by atoms with van der Waals surface area (Å²) in [7, 11) is 4.06. The van der Waals surface area contributed by atoms with Gasteiger partial charge in [0, 0.05) is 30.2 Å². The van der Waals surface area contributed by atoms with Gasteiger partial charge >= 0.3 is 12.1 Å². The number of ether oxygens (including phenoxy) is 4. The van der Waals surface area contributed by atoms with E-state index in [4.69, 9.17) is 18.9 Å². The molecule has 2 heterocycles. The zero-order valence-corrected chi connectivity index (χ0v) is 24.5. The molecule has 0 spiro atoms. The third-order valence-corrected chi connectivity index (χ3v) is 8.28. The van der Waals surface area contributed by atoms with Gasteiger partial charge < -0.3 is 34.1 Å². The molecule has 0 saturated carbocycles. The minimum absolute atomic E-state index is 0.00720. The van der Waals surface area contributed by atoms with Crippen LogP contribution in [-0.2, 0) is 28.5 Å². The molecule has 0 unspecified atom stereocenters. The molecule has 2 saturated heterocycles. The van der Waals surface area contributed by atoms with Crippen LogP contribution in [0.3, 0.4) is 0 Å². The van der Waals surface area contributed by atoms with Crippen LogP contribution in [0.4, 0.5) is 4.79 Å². The summed E-state index contributed by atoms with van der Waals surface area (Å²) in [4.78, 5) is 39.8. The number of esters is 1. The molecular weight excluding hydrogens is 494 g/mol. The van der Waals surface area contributed by atoms with Crippen LogP contribution < -0.4 is 0 Å². The normalized spacial score (nSPS) is 42.3. The molecule has 0 aromatic carbocycles. The molecule has 10 nitrogen and oxygen atoms in total. The average molecular weight is 544 g/mol. The molecular formula is C28H49NO9. The highest BCUT2D eigenvalue weighted by molar-refractivity contribution is 5.83. The van der Waals surface area contributed by atoms with Gasteiger partial charge in [-0.1, -0.05) is 27.7 Å². The SMILES string of the molecule is C[C@H]1[C@@H](O)[C@@H](C)C(=O)OC[C@@](C)(OC(=O)O)C[C@@H](C)C(=O)[C@H](C)C[C@H](C)[C@@H]1O[C@H]1C[C@@H](N(C)C)C[C@@H](C)O1. The molecule has 11 atom stereocenters. The summed E-state index contributed by atoms with van der Waals surface area (Å²) in [5, 5.41) is 20.5. The Morgan fingerprint density at radius 2 is 1.66 bits per heavy atom. The fourth-order valence-electron chi connectivity index (χ4n) is 6.06. The van der Waals surface area contributed by atoms with Gasteiger partial charge in [-0.2, -0.15) is 0 Å². The van der Waals surface area contributed by atoms with Crippen LogP contribution in [0.1, 0.15) is 74.1 Å². The largest absolute Gasteiger partial charge is 0.506 e. The predicted molar refractivity (Wildman–Crippen MR) is 140 cm³/mol. The standard InChI is InChI=1S/C28H49NO9/c1-15-10-16(2)25(37-22-12-21(29(8)9)11-18(4)36-22)19(5)24(31)20(6)26(32)35-14-28(7,38-27(33)34)13-17(3)23(15)30/h15-22,24-25,31H,10-14H2,1-9H3,(H,33,34)/t15-,16+,17-,18-,19+,20-,21+,22+,24-,25+,28+/m1/s1. The minimum Gasteiger partial charge on any atom is -0.461 e. The monoisotopic (exact) mass is 543 g/mol. The molecule has 2 fully saturated rings. The number of carbonyl (C=O) groups excluding carboxylic acids is 2. The molecule has 0 aliphatic carbocycles. The number of aliphatic hydroxyl groups is 1. The Labute approximate surface area is 227 Å². The van der Waals surface area contributed by atoms with Gasteiger partial charge in [-0.15, -0.1) is 0 Å². The van der Waals surface area contributed by atoms with Crippen molar-refractivity contribution >= 4 is 17.9 Å². The molecule has 10 heteroatoms. The van der Waals surface area contributed by atoms with Crippen molar-refractivity contribution in [3.05, 3.63) is 0 Å². The topological polar surface area (TPSA) is 132 Å². The molecule has 2 N–H and O–H groups in total.